The minimum atomic E-state index is -2.24. The predicted molar refractivity (Wildman–Crippen MR) is 112 cm³/mol. The van der Waals surface area contributed by atoms with Gasteiger partial charge in [-0.2, -0.15) is 0 Å². The Morgan fingerprint density at radius 2 is 1.90 bits per heavy atom. The van der Waals surface area contributed by atoms with Gasteiger partial charge in [0, 0.05) is 29.6 Å². The lowest BCUT2D eigenvalue weighted by Gasteiger charge is -2.63. The van der Waals surface area contributed by atoms with Crippen LogP contribution in [0.15, 0.2) is 23.8 Å². The number of ketones is 1. The summed E-state index contributed by atoms with van der Waals surface area (Å²) in [5.74, 6) is -3.04. The number of aliphatic hydroxyl groups excluding tert-OH is 1. The zero-order chi connectivity index (χ0) is 23.1. The predicted octanol–water partition coefficient (Wildman–Crippen LogP) is 3.31. The Hall–Kier alpha value is -1.54. The van der Waals surface area contributed by atoms with Crippen molar-refractivity contribution in [3.8, 4) is 0 Å². The third-order valence-electron chi connectivity index (χ3n) is 8.79. The maximum atomic E-state index is 17.1. The Morgan fingerprint density at radius 1 is 1.26 bits per heavy atom. The van der Waals surface area contributed by atoms with E-state index < -0.39 is 69.0 Å². The van der Waals surface area contributed by atoms with E-state index in [9.17, 15) is 19.5 Å². The van der Waals surface area contributed by atoms with Gasteiger partial charge in [0.2, 0.25) is 5.12 Å². The van der Waals surface area contributed by atoms with Crippen molar-refractivity contribution in [2.24, 2.45) is 28.6 Å². The largest absolute Gasteiger partial charge is 0.449 e. The third-order valence-corrected chi connectivity index (χ3v) is 9.12. The summed E-state index contributed by atoms with van der Waals surface area (Å²) in [5.41, 5.74) is -6.46. The molecule has 0 radical (unpaired) electrons. The first-order chi connectivity index (χ1) is 14.3. The van der Waals surface area contributed by atoms with E-state index in [0.29, 0.717) is 6.42 Å². The highest BCUT2D eigenvalue weighted by Crippen LogP contribution is 2.71. The first-order valence-corrected chi connectivity index (χ1v) is 11.1. The first kappa shape index (κ1) is 22.6. The van der Waals surface area contributed by atoms with Crippen LogP contribution in [0, 0.1) is 28.6 Å². The summed E-state index contributed by atoms with van der Waals surface area (Å²) in [7, 11) is 0. The molecule has 0 aromatic carbocycles. The Kier molecular flexibility index (Phi) is 4.92. The van der Waals surface area contributed by atoms with Crippen LogP contribution in [-0.4, -0.2) is 45.5 Å². The summed E-state index contributed by atoms with van der Waals surface area (Å²) < 4.78 is 38.0. The Balaban J connectivity index is 1.89. The molecule has 4 aliphatic carbocycles. The average Bonchev–Trinajstić information content (AvgIpc) is 2.87. The van der Waals surface area contributed by atoms with Crippen LogP contribution in [0.5, 0.6) is 0 Å². The number of allylic oxidation sites excluding steroid dienone is 4. The summed E-state index contributed by atoms with van der Waals surface area (Å²) in [4.78, 5) is 36.6. The fourth-order valence-corrected chi connectivity index (χ4v) is 7.99. The summed E-state index contributed by atoms with van der Waals surface area (Å²) in [6.07, 6.45) is 0.549. The molecule has 0 spiro atoms. The van der Waals surface area contributed by atoms with Crippen molar-refractivity contribution in [1.82, 2.24) is 0 Å². The smallest absolute Gasteiger partial charge is 0.303 e. The second-order valence-electron chi connectivity index (χ2n) is 10.1. The van der Waals surface area contributed by atoms with E-state index in [-0.39, 0.29) is 18.4 Å². The molecular weight excluding hydrogens is 426 g/mol. The number of alkyl halides is 2. The monoisotopic (exact) mass is 454 g/mol. The molecule has 0 aromatic rings. The summed E-state index contributed by atoms with van der Waals surface area (Å²) in [6.45, 7) is 6.17. The number of rotatable bonds is 2. The molecule has 0 aliphatic heterocycles. The Labute approximate surface area is 185 Å². The molecule has 3 fully saturated rings. The van der Waals surface area contributed by atoms with Crippen LogP contribution in [0.3, 0.4) is 0 Å². The lowest BCUT2D eigenvalue weighted by atomic mass is 9.44. The molecule has 170 valence electrons. The van der Waals surface area contributed by atoms with Crippen molar-refractivity contribution >= 4 is 29.5 Å². The van der Waals surface area contributed by atoms with Crippen molar-refractivity contribution in [2.75, 3.05) is 0 Å². The molecule has 1 N–H and O–H groups in total. The third kappa shape index (κ3) is 2.55. The van der Waals surface area contributed by atoms with E-state index >= 15 is 8.78 Å². The SMILES string of the molecule is CC(=O)OC1(C(=O)S)C(C)CC2C3CC(F)C4=CC(=O)C=CC4(C)C3(F)C(O)CC21C. The molecule has 4 rings (SSSR count). The van der Waals surface area contributed by atoms with Crippen LogP contribution in [-0.2, 0) is 19.1 Å². The van der Waals surface area contributed by atoms with Gasteiger partial charge in [0.25, 0.3) is 0 Å². The molecule has 3 saturated carbocycles. The molecule has 0 bridgehead atoms. The fraction of sp³-hybridized carbons (Fsp3) is 0.696. The zero-order valence-electron chi connectivity index (χ0n) is 18.0. The van der Waals surface area contributed by atoms with Crippen molar-refractivity contribution < 1.29 is 33.0 Å². The van der Waals surface area contributed by atoms with Gasteiger partial charge >= 0.3 is 5.97 Å². The van der Waals surface area contributed by atoms with E-state index in [1.54, 1.807) is 13.8 Å². The highest BCUT2D eigenvalue weighted by molar-refractivity contribution is 7.96. The van der Waals surface area contributed by atoms with Crippen molar-refractivity contribution in [1.29, 1.82) is 0 Å². The van der Waals surface area contributed by atoms with Gasteiger partial charge in [0.15, 0.2) is 17.1 Å². The number of hydrogen-bond acceptors (Lipinski definition) is 5. The Bertz CT molecular complexity index is 933. The van der Waals surface area contributed by atoms with Gasteiger partial charge < -0.3 is 9.84 Å². The maximum absolute atomic E-state index is 17.1. The van der Waals surface area contributed by atoms with Crippen LogP contribution >= 0.6 is 12.6 Å². The molecule has 0 saturated heterocycles. The summed E-state index contributed by atoms with van der Waals surface area (Å²) >= 11 is 4.05. The van der Waals surface area contributed by atoms with E-state index in [0.717, 1.165) is 6.08 Å². The second kappa shape index (κ2) is 6.73. The molecular formula is C23H28F2O5S. The standard InChI is InChI=1S/C23H28F2O5S/c1-11-7-14-15-9-17(24)16-8-13(27)5-6-20(16,3)22(15,25)18(28)10-21(14,4)23(11,19(29)31)30-12(2)26/h5-6,8,11,14-15,17-18,28H,7,9-10H2,1-4H3,(H,29,31). The molecule has 0 amide bonds. The summed E-state index contributed by atoms with van der Waals surface area (Å²) in [6, 6.07) is 0. The van der Waals surface area contributed by atoms with Gasteiger partial charge in [0.1, 0.15) is 6.17 Å². The normalized spacial score (nSPS) is 50.8. The number of fused-ring (bicyclic) bond motifs is 5. The molecule has 9 unspecified atom stereocenters. The molecule has 8 heteroatoms. The first-order valence-electron chi connectivity index (χ1n) is 10.6. The van der Waals surface area contributed by atoms with Gasteiger partial charge in [-0.15, -0.1) is 12.6 Å². The number of thiol groups is 1. The summed E-state index contributed by atoms with van der Waals surface area (Å²) in [5, 5.41) is 10.6. The Morgan fingerprint density at radius 3 is 2.48 bits per heavy atom. The van der Waals surface area contributed by atoms with Crippen molar-refractivity contribution in [3.05, 3.63) is 23.8 Å². The molecule has 0 heterocycles. The zero-order valence-corrected chi connectivity index (χ0v) is 18.9. The molecule has 31 heavy (non-hydrogen) atoms. The number of carbonyl (C=O) groups is 3. The van der Waals surface area contributed by atoms with E-state index in [1.807, 2.05) is 0 Å². The van der Waals surface area contributed by atoms with Crippen LogP contribution < -0.4 is 0 Å². The highest BCUT2D eigenvalue weighted by atomic mass is 32.1. The van der Waals surface area contributed by atoms with Crippen LogP contribution in [0.4, 0.5) is 8.78 Å². The number of halogens is 2. The molecule has 0 aromatic heterocycles. The van der Waals surface area contributed by atoms with Gasteiger partial charge in [-0.3, -0.25) is 14.4 Å². The number of esters is 1. The number of carbonyl (C=O) groups excluding carboxylic acids is 3. The van der Waals surface area contributed by atoms with E-state index in [1.165, 1.54) is 26.0 Å². The van der Waals surface area contributed by atoms with Gasteiger partial charge in [-0.05, 0) is 49.8 Å². The lowest BCUT2D eigenvalue weighted by molar-refractivity contribution is -0.228. The highest BCUT2D eigenvalue weighted by Gasteiger charge is 2.77. The van der Waals surface area contributed by atoms with Crippen molar-refractivity contribution in [3.63, 3.8) is 0 Å². The van der Waals surface area contributed by atoms with Crippen LogP contribution in [0.1, 0.15) is 47.0 Å². The van der Waals surface area contributed by atoms with Gasteiger partial charge in [0.05, 0.1) is 6.10 Å². The van der Waals surface area contributed by atoms with E-state index in [2.05, 4.69) is 12.6 Å². The van der Waals surface area contributed by atoms with E-state index in [4.69, 9.17) is 4.74 Å². The van der Waals surface area contributed by atoms with Gasteiger partial charge in [-0.25, -0.2) is 8.78 Å². The number of aliphatic hydroxyl groups is 1. The average molecular weight is 455 g/mol. The molecule has 5 nitrogen and oxygen atoms in total. The second-order valence-corrected chi connectivity index (χ2v) is 10.5. The molecule has 4 aliphatic rings. The topological polar surface area (TPSA) is 80.7 Å². The molecule has 9 atom stereocenters. The minimum Gasteiger partial charge on any atom is -0.449 e. The van der Waals surface area contributed by atoms with Gasteiger partial charge in [-0.1, -0.05) is 19.9 Å². The van der Waals surface area contributed by atoms with Crippen LogP contribution in [0.25, 0.3) is 0 Å². The maximum Gasteiger partial charge on any atom is 0.303 e. The lowest BCUT2D eigenvalue weighted by Crippen LogP contribution is -2.70. The van der Waals surface area contributed by atoms with Crippen LogP contribution in [0.2, 0.25) is 0 Å². The minimum absolute atomic E-state index is 0.0453. The fourth-order valence-electron chi connectivity index (χ4n) is 7.47. The number of ether oxygens (including phenoxy) is 1. The van der Waals surface area contributed by atoms with Crippen molar-refractivity contribution in [2.45, 2.75) is 70.5 Å². The quantitative estimate of drug-likeness (QED) is 0.494. The number of hydrogen-bond donors (Lipinski definition) is 2.